The fourth-order valence-corrected chi connectivity index (χ4v) is 2.62. The van der Waals surface area contributed by atoms with E-state index >= 15 is 0 Å². The normalized spacial score (nSPS) is 13.0. The highest BCUT2D eigenvalue weighted by Gasteiger charge is 2.21. The first-order valence-corrected chi connectivity index (χ1v) is 7.53. The van der Waals surface area contributed by atoms with Gasteiger partial charge in [0.05, 0.1) is 5.69 Å². The molecule has 20 heavy (non-hydrogen) atoms. The zero-order valence-corrected chi connectivity index (χ0v) is 12.8. The Labute approximate surface area is 122 Å². The number of aromatic nitrogens is 3. The number of hydrogen-bond donors (Lipinski definition) is 1. The van der Waals surface area contributed by atoms with Crippen LogP contribution in [0.2, 0.25) is 0 Å². The van der Waals surface area contributed by atoms with E-state index in [1.54, 1.807) is 7.11 Å². The van der Waals surface area contributed by atoms with E-state index in [9.17, 15) is 0 Å². The number of rotatable bonds is 7. The highest BCUT2D eigenvalue weighted by atomic mass is 32.1. The fraction of sp³-hybridized carbons (Fsp3) is 0.615. The number of nitrogens with two attached hydrogens (primary N) is 1. The Morgan fingerprint density at radius 1 is 1.35 bits per heavy atom. The molecule has 2 rings (SSSR count). The van der Waals surface area contributed by atoms with Crippen molar-refractivity contribution in [1.29, 1.82) is 0 Å². The molecule has 0 spiro atoms. The smallest absolute Gasteiger partial charge is 0.226 e. The Morgan fingerprint density at radius 2 is 2.15 bits per heavy atom. The van der Waals surface area contributed by atoms with Crippen LogP contribution in [0.3, 0.4) is 0 Å². The summed E-state index contributed by atoms with van der Waals surface area (Å²) in [6.07, 6.45) is 2.39. The summed E-state index contributed by atoms with van der Waals surface area (Å²) in [6.45, 7) is 4.13. The van der Waals surface area contributed by atoms with Crippen LogP contribution in [0.25, 0.3) is 0 Å². The maximum Gasteiger partial charge on any atom is 0.226 e. The van der Waals surface area contributed by atoms with Gasteiger partial charge in [-0.15, -0.1) is 11.3 Å². The van der Waals surface area contributed by atoms with Gasteiger partial charge < -0.3 is 15.0 Å². The van der Waals surface area contributed by atoms with Crippen molar-refractivity contribution in [3.8, 4) is 0 Å². The minimum absolute atomic E-state index is 0.120. The summed E-state index contributed by atoms with van der Waals surface area (Å²) in [6, 6.07) is 0. The number of nitrogens with zero attached hydrogens (tertiary/aromatic N) is 3. The van der Waals surface area contributed by atoms with E-state index in [1.807, 2.05) is 5.38 Å². The van der Waals surface area contributed by atoms with Crippen molar-refractivity contribution >= 4 is 16.5 Å². The molecule has 0 aromatic carbocycles. The first-order valence-electron chi connectivity index (χ1n) is 6.65. The molecule has 7 heteroatoms. The average molecular weight is 296 g/mol. The van der Waals surface area contributed by atoms with Gasteiger partial charge in [-0.05, 0) is 18.8 Å². The maximum atomic E-state index is 5.59. The van der Waals surface area contributed by atoms with Crippen LogP contribution in [0.4, 0.5) is 5.13 Å². The summed E-state index contributed by atoms with van der Waals surface area (Å²) in [7, 11) is 1.66. The SMILES string of the molecule is COC(c1noc(CCCc2csc(N)n2)n1)C(C)C. The summed E-state index contributed by atoms with van der Waals surface area (Å²) < 4.78 is 10.6. The van der Waals surface area contributed by atoms with Crippen LogP contribution in [0.15, 0.2) is 9.90 Å². The van der Waals surface area contributed by atoms with Crippen LogP contribution in [0.5, 0.6) is 0 Å². The number of hydrogen-bond acceptors (Lipinski definition) is 7. The topological polar surface area (TPSA) is 87.1 Å². The average Bonchev–Trinajstić information content (AvgIpc) is 3.00. The molecule has 0 amide bonds. The molecule has 0 fully saturated rings. The van der Waals surface area contributed by atoms with Crippen molar-refractivity contribution in [3.05, 3.63) is 22.8 Å². The summed E-state index contributed by atoms with van der Waals surface area (Å²) in [5, 5.41) is 6.59. The lowest BCUT2D eigenvalue weighted by atomic mass is 10.1. The van der Waals surface area contributed by atoms with Gasteiger partial charge in [-0.3, -0.25) is 0 Å². The Balaban J connectivity index is 1.86. The van der Waals surface area contributed by atoms with Crippen molar-refractivity contribution in [3.63, 3.8) is 0 Å². The van der Waals surface area contributed by atoms with Crippen LogP contribution in [-0.2, 0) is 17.6 Å². The second-order valence-electron chi connectivity index (χ2n) is 4.98. The van der Waals surface area contributed by atoms with E-state index in [2.05, 4.69) is 29.0 Å². The lowest BCUT2D eigenvalue weighted by Crippen LogP contribution is -2.10. The largest absolute Gasteiger partial charge is 0.375 e. The summed E-state index contributed by atoms with van der Waals surface area (Å²) in [5.41, 5.74) is 6.61. The zero-order chi connectivity index (χ0) is 14.5. The third kappa shape index (κ3) is 3.77. The standard InChI is InChI=1S/C13H20N4O2S/c1-8(2)11(18-3)12-16-10(19-17-12)6-4-5-9-7-20-13(14)15-9/h7-8,11H,4-6H2,1-3H3,(H2,14,15). The van der Waals surface area contributed by atoms with E-state index in [0.717, 1.165) is 25.0 Å². The third-order valence-electron chi connectivity index (χ3n) is 2.99. The predicted octanol–water partition coefficient (Wildman–Crippen LogP) is 2.63. The van der Waals surface area contributed by atoms with Crippen molar-refractivity contribution in [1.82, 2.24) is 15.1 Å². The van der Waals surface area contributed by atoms with Gasteiger partial charge in [0.25, 0.3) is 0 Å². The molecule has 110 valence electrons. The zero-order valence-electron chi connectivity index (χ0n) is 12.0. The van der Waals surface area contributed by atoms with Gasteiger partial charge in [-0.25, -0.2) is 4.98 Å². The van der Waals surface area contributed by atoms with Gasteiger partial charge in [0.2, 0.25) is 11.7 Å². The molecule has 0 aliphatic heterocycles. The van der Waals surface area contributed by atoms with Gasteiger partial charge in [0.1, 0.15) is 6.10 Å². The van der Waals surface area contributed by atoms with E-state index in [-0.39, 0.29) is 6.10 Å². The van der Waals surface area contributed by atoms with E-state index in [0.29, 0.717) is 22.8 Å². The number of nitrogen functional groups attached to an aromatic ring is 1. The number of ether oxygens (including phenoxy) is 1. The first kappa shape index (κ1) is 14.9. The van der Waals surface area contributed by atoms with Crippen molar-refractivity contribution in [2.45, 2.75) is 39.2 Å². The minimum atomic E-state index is -0.120. The van der Waals surface area contributed by atoms with Gasteiger partial charge in [0, 0.05) is 18.9 Å². The van der Waals surface area contributed by atoms with E-state index in [1.165, 1.54) is 11.3 Å². The second-order valence-corrected chi connectivity index (χ2v) is 5.87. The van der Waals surface area contributed by atoms with Crippen molar-refractivity contribution in [2.75, 3.05) is 12.8 Å². The van der Waals surface area contributed by atoms with Crippen LogP contribution in [-0.4, -0.2) is 22.2 Å². The van der Waals surface area contributed by atoms with Gasteiger partial charge in [-0.2, -0.15) is 4.98 Å². The Morgan fingerprint density at radius 3 is 2.75 bits per heavy atom. The molecule has 1 unspecified atom stereocenters. The number of methoxy groups -OCH3 is 1. The molecule has 0 aliphatic carbocycles. The molecule has 1 atom stereocenters. The van der Waals surface area contributed by atoms with Crippen LogP contribution < -0.4 is 5.73 Å². The molecular formula is C13H20N4O2S. The van der Waals surface area contributed by atoms with Crippen molar-refractivity contribution in [2.24, 2.45) is 5.92 Å². The predicted molar refractivity (Wildman–Crippen MR) is 77.4 cm³/mol. The monoisotopic (exact) mass is 296 g/mol. The summed E-state index contributed by atoms with van der Waals surface area (Å²) >= 11 is 1.46. The lowest BCUT2D eigenvalue weighted by molar-refractivity contribution is 0.0555. The molecule has 2 heterocycles. The highest BCUT2D eigenvalue weighted by molar-refractivity contribution is 7.13. The molecule has 2 N–H and O–H groups in total. The number of thiazole rings is 1. The third-order valence-corrected chi connectivity index (χ3v) is 3.71. The molecule has 6 nitrogen and oxygen atoms in total. The minimum Gasteiger partial charge on any atom is -0.375 e. The van der Waals surface area contributed by atoms with Crippen LogP contribution in [0.1, 0.15) is 43.8 Å². The maximum absolute atomic E-state index is 5.59. The summed E-state index contributed by atoms with van der Waals surface area (Å²) in [4.78, 5) is 8.62. The molecule has 0 saturated heterocycles. The molecular weight excluding hydrogens is 276 g/mol. The van der Waals surface area contributed by atoms with Gasteiger partial charge in [-0.1, -0.05) is 19.0 Å². The first-order chi connectivity index (χ1) is 9.60. The van der Waals surface area contributed by atoms with E-state index in [4.69, 9.17) is 15.0 Å². The molecule has 0 bridgehead atoms. The molecule has 0 aliphatic rings. The molecule has 0 saturated carbocycles. The van der Waals surface area contributed by atoms with Gasteiger partial charge in [0.15, 0.2) is 5.13 Å². The van der Waals surface area contributed by atoms with Crippen molar-refractivity contribution < 1.29 is 9.26 Å². The molecule has 0 radical (unpaired) electrons. The van der Waals surface area contributed by atoms with Crippen LogP contribution >= 0.6 is 11.3 Å². The Kier molecular flexibility index (Phi) is 5.08. The number of anilines is 1. The summed E-state index contributed by atoms with van der Waals surface area (Å²) in [5.74, 6) is 1.57. The fourth-order valence-electron chi connectivity index (χ4n) is 2.02. The molecule has 2 aromatic heterocycles. The van der Waals surface area contributed by atoms with E-state index < -0.39 is 0 Å². The van der Waals surface area contributed by atoms with Gasteiger partial charge >= 0.3 is 0 Å². The highest BCUT2D eigenvalue weighted by Crippen LogP contribution is 2.22. The quantitative estimate of drug-likeness (QED) is 0.845. The number of aryl methyl sites for hydroxylation is 2. The Bertz CT molecular complexity index is 538. The Hall–Kier alpha value is -1.47. The lowest BCUT2D eigenvalue weighted by Gasteiger charge is -2.14. The molecule has 2 aromatic rings. The van der Waals surface area contributed by atoms with Crippen LogP contribution in [0, 0.1) is 5.92 Å². The second kappa shape index (κ2) is 6.81.